The van der Waals surface area contributed by atoms with Crippen LogP contribution in [0.25, 0.3) is 0 Å². The number of rotatable bonds is 7. The van der Waals surface area contributed by atoms with Gasteiger partial charge in [0, 0.05) is 13.0 Å². The summed E-state index contributed by atoms with van der Waals surface area (Å²) in [4.78, 5) is 12.4. The van der Waals surface area contributed by atoms with Gasteiger partial charge in [-0.15, -0.1) is 10.2 Å². The Labute approximate surface area is 167 Å². The van der Waals surface area contributed by atoms with Crippen LogP contribution >= 0.6 is 11.8 Å². The van der Waals surface area contributed by atoms with Crippen molar-refractivity contribution >= 4 is 17.7 Å². The van der Waals surface area contributed by atoms with Crippen LogP contribution in [0.4, 0.5) is 4.39 Å². The van der Waals surface area contributed by atoms with Crippen molar-refractivity contribution in [2.45, 2.75) is 37.2 Å². The second-order valence-corrected chi connectivity index (χ2v) is 7.84. The number of hydrogen-bond acceptors (Lipinski definition) is 5. The standard InChI is InChI=1S/C20H22FN5OS/c1-13-3-5-16(6-4-13)12-23-19(27)14(2)28-20-25-24-18(26(20)22)11-15-7-9-17(21)10-8-15/h3-10,14H,11-12,22H2,1-2H3,(H,23,27)/t14-/m0/s1. The summed E-state index contributed by atoms with van der Waals surface area (Å²) in [5.74, 6) is 6.22. The maximum atomic E-state index is 13.0. The number of thioether (sulfide) groups is 1. The summed E-state index contributed by atoms with van der Waals surface area (Å²) in [6, 6.07) is 14.1. The molecule has 1 amide bonds. The first-order chi connectivity index (χ1) is 13.4. The first-order valence-corrected chi connectivity index (χ1v) is 9.74. The number of benzene rings is 2. The minimum atomic E-state index is -0.379. The van der Waals surface area contributed by atoms with E-state index < -0.39 is 0 Å². The number of halogens is 1. The molecule has 8 heteroatoms. The summed E-state index contributed by atoms with van der Waals surface area (Å²) in [7, 11) is 0. The highest BCUT2D eigenvalue weighted by Crippen LogP contribution is 2.21. The molecule has 3 rings (SSSR count). The highest BCUT2D eigenvalue weighted by Gasteiger charge is 2.19. The van der Waals surface area contributed by atoms with Gasteiger partial charge < -0.3 is 11.2 Å². The van der Waals surface area contributed by atoms with Crippen LogP contribution in [-0.4, -0.2) is 26.0 Å². The zero-order valence-electron chi connectivity index (χ0n) is 15.7. The van der Waals surface area contributed by atoms with E-state index in [1.54, 1.807) is 19.1 Å². The minimum Gasteiger partial charge on any atom is -0.351 e. The fraction of sp³-hybridized carbons (Fsp3) is 0.250. The van der Waals surface area contributed by atoms with Crippen molar-refractivity contribution in [2.24, 2.45) is 0 Å². The number of carbonyl (C=O) groups excluding carboxylic acids is 1. The molecule has 2 aromatic carbocycles. The zero-order valence-corrected chi connectivity index (χ0v) is 16.5. The van der Waals surface area contributed by atoms with Crippen LogP contribution < -0.4 is 11.2 Å². The fourth-order valence-corrected chi connectivity index (χ4v) is 3.36. The Morgan fingerprint density at radius 3 is 2.46 bits per heavy atom. The van der Waals surface area contributed by atoms with Crippen molar-refractivity contribution in [1.82, 2.24) is 20.2 Å². The van der Waals surface area contributed by atoms with E-state index in [0.29, 0.717) is 23.9 Å². The lowest BCUT2D eigenvalue weighted by Crippen LogP contribution is -2.31. The van der Waals surface area contributed by atoms with E-state index in [-0.39, 0.29) is 17.0 Å². The van der Waals surface area contributed by atoms with E-state index in [0.717, 1.165) is 11.1 Å². The molecule has 1 atom stereocenters. The fourth-order valence-electron chi connectivity index (χ4n) is 2.54. The van der Waals surface area contributed by atoms with E-state index in [4.69, 9.17) is 5.84 Å². The Bertz CT molecular complexity index is 940. The van der Waals surface area contributed by atoms with Crippen LogP contribution in [0.3, 0.4) is 0 Å². The number of nitrogens with one attached hydrogen (secondary N) is 1. The normalized spacial score (nSPS) is 12.0. The van der Waals surface area contributed by atoms with Gasteiger partial charge in [-0.25, -0.2) is 9.07 Å². The quantitative estimate of drug-likeness (QED) is 0.471. The number of hydrogen-bond donors (Lipinski definition) is 2. The third kappa shape index (κ3) is 5.10. The molecule has 0 fully saturated rings. The first-order valence-electron chi connectivity index (χ1n) is 8.86. The van der Waals surface area contributed by atoms with Gasteiger partial charge in [-0.3, -0.25) is 4.79 Å². The van der Waals surface area contributed by atoms with E-state index in [2.05, 4.69) is 15.5 Å². The molecule has 0 bridgehead atoms. The Morgan fingerprint density at radius 1 is 1.14 bits per heavy atom. The van der Waals surface area contributed by atoms with E-state index >= 15 is 0 Å². The number of aryl methyl sites for hydroxylation is 1. The van der Waals surface area contributed by atoms with E-state index in [1.807, 2.05) is 31.2 Å². The molecule has 0 saturated carbocycles. The molecule has 28 heavy (non-hydrogen) atoms. The van der Waals surface area contributed by atoms with Gasteiger partial charge in [0.2, 0.25) is 11.1 Å². The highest BCUT2D eigenvalue weighted by molar-refractivity contribution is 8.00. The van der Waals surface area contributed by atoms with Crippen LogP contribution in [0.2, 0.25) is 0 Å². The van der Waals surface area contributed by atoms with Crippen LogP contribution in [-0.2, 0) is 17.8 Å². The molecule has 0 aliphatic carbocycles. The summed E-state index contributed by atoms with van der Waals surface area (Å²) in [6.07, 6.45) is 0.429. The average molecular weight is 399 g/mol. The summed E-state index contributed by atoms with van der Waals surface area (Å²) in [5, 5.41) is 11.2. The lowest BCUT2D eigenvalue weighted by molar-refractivity contribution is -0.120. The number of nitrogens with two attached hydrogens (primary N) is 1. The summed E-state index contributed by atoms with van der Waals surface area (Å²) >= 11 is 1.24. The zero-order chi connectivity index (χ0) is 20.1. The number of nitrogens with zero attached hydrogens (tertiary/aromatic N) is 3. The third-order valence-corrected chi connectivity index (χ3v) is 5.31. The minimum absolute atomic E-state index is 0.103. The molecule has 6 nitrogen and oxygen atoms in total. The maximum Gasteiger partial charge on any atom is 0.233 e. The first kappa shape index (κ1) is 19.9. The molecule has 3 N–H and O–H groups in total. The third-order valence-electron chi connectivity index (χ3n) is 4.25. The summed E-state index contributed by atoms with van der Waals surface area (Å²) < 4.78 is 14.4. The largest absolute Gasteiger partial charge is 0.351 e. The lowest BCUT2D eigenvalue weighted by atomic mass is 10.1. The van der Waals surface area contributed by atoms with E-state index in [1.165, 1.54) is 34.1 Å². The monoisotopic (exact) mass is 399 g/mol. The Kier molecular flexibility index (Phi) is 6.30. The molecule has 0 unspecified atom stereocenters. The molecule has 1 aromatic heterocycles. The van der Waals surface area contributed by atoms with Gasteiger partial charge in [0.05, 0.1) is 5.25 Å². The van der Waals surface area contributed by atoms with Gasteiger partial charge in [-0.1, -0.05) is 53.7 Å². The molecule has 0 saturated heterocycles. The van der Waals surface area contributed by atoms with Crippen molar-refractivity contribution < 1.29 is 9.18 Å². The van der Waals surface area contributed by atoms with Crippen LogP contribution in [0.15, 0.2) is 53.7 Å². The van der Waals surface area contributed by atoms with Crippen molar-refractivity contribution in [2.75, 3.05) is 5.84 Å². The molecule has 0 spiro atoms. The maximum absolute atomic E-state index is 13.0. The van der Waals surface area contributed by atoms with Gasteiger partial charge in [-0.05, 0) is 37.1 Å². The summed E-state index contributed by atoms with van der Waals surface area (Å²) in [6.45, 7) is 4.28. The molecule has 3 aromatic rings. The Morgan fingerprint density at radius 2 is 1.79 bits per heavy atom. The molecular weight excluding hydrogens is 377 g/mol. The summed E-state index contributed by atoms with van der Waals surface area (Å²) in [5.41, 5.74) is 3.10. The number of nitrogen functional groups attached to an aromatic ring is 1. The van der Waals surface area contributed by atoms with Gasteiger partial charge in [0.1, 0.15) is 5.82 Å². The molecule has 0 radical (unpaired) electrons. The SMILES string of the molecule is Cc1ccc(CNC(=O)[C@H](C)Sc2nnc(Cc3ccc(F)cc3)n2N)cc1. The van der Waals surface area contributed by atoms with Crippen LogP contribution in [0, 0.1) is 12.7 Å². The molecule has 1 heterocycles. The predicted octanol–water partition coefficient (Wildman–Crippen LogP) is 2.83. The Hall–Kier alpha value is -2.87. The van der Waals surface area contributed by atoms with Gasteiger partial charge >= 0.3 is 0 Å². The van der Waals surface area contributed by atoms with Crippen molar-refractivity contribution in [3.05, 3.63) is 76.9 Å². The Balaban J connectivity index is 1.56. The molecular formula is C20H22FN5OS. The molecule has 146 valence electrons. The smallest absolute Gasteiger partial charge is 0.233 e. The number of aromatic nitrogens is 3. The topological polar surface area (TPSA) is 85.8 Å². The van der Waals surface area contributed by atoms with Gasteiger partial charge in [-0.2, -0.15) is 0 Å². The highest BCUT2D eigenvalue weighted by atomic mass is 32.2. The van der Waals surface area contributed by atoms with Crippen LogP contribution in [0.1, 0.15) is 29.4 Å². The lowest BCUT2D eigenvalue weighted by Gasteiger charge is -2.12. The van der Waals surface area contributed by atoms with Crippen molar-refractivity contribution in [3.63, 3.8) is 0 Å². The molecule has 0 aliphatic rings. The van der Waals surface area contributed by atoms with Crippen molar-refractivity contribution in [1.29, 1.82) is 0 Å². The average Bonchev–Trinajstić information content (AvgIpc) is 3.02. The van der Waals surface area contributed by atoms with Crippen molar-refractivity contribution in [3.8, 4) is 0 Å². The van der Waals surface area contributed by atoms with Crippen LogP contribution in [0.5, 0.6) is 0 Å². The second kappa shape index (κ2) is 8.88. The second-order valence-electron chi connectivity index (χ2n) is 6.54. The molecule has 0 aliphatic heterocycles. The number of carbonyl (C=O) groups is 1. The van der Waals surface area contributed by atoms with Gasteiger partial charge in [0.25, 0.3) is 0 Å². The van der Waals surface area contributed by atoms with Gasteiger partial charge in [0.15, 0.2) is 5.82 Å². The van der Waals surface area contributed by atoms with E-state index in [9.17, 15) is 9.18 Å². The predicted molar refractivity (Wildman–Crippen MR) is 108 cm³/mol. The number of amides is 1.